The third-order valence-corrected chi connectivity index (χ3v) is 3.93. The van der Waals surface area contributed by atoms with Crippen LogP contribution in [0.3, 0.4) is 0 Å². The SMILES string of the molecule is CCOc1ccc2cc(C(=O)Nc3ccc(Cl)cc3C)c(=O)oc2c1. The first-order valence-corrected chi connectivity index (χ1v) is 8.14. The van der Waals surface area contributed by atoms with Crippen molar-refractivity contribution in [2.75, 3.05) is 11.9 Å². The molecule has 1 aromatic heterocycles. The van der Waals surface area contributed by atoms with Gasteiger partial charge in [0, 0.05) is 22.2 Å². The Kier molecular flexibility index (Phi) is 4.76. The molecule has 0 spiro atoms. The smallest absolute Gasteiger partial charge is 0.349 e. The molecular weight excluding hydrogens is 342 g/mol. The Labute approximate surface area is 149 Å². The number of carbonyl (C=O) groups is 1. The van der Waals surface area contributed by atoms with E-state index < -0.39 is 11.5 Å². The largest absolute Gasteiger partial charge is 0.494 e. The second-order valence-electron chi connectivity index (χ2n) is 5.49. The fraction of sp³-hybridized carbons (Fsp3) is 0.158. The molecule has 1 heterocycles. The summed E-state index contributed by atoms with van der Waals surface area (Å²) in [6.45, 7) is 4.20. The molecule has 128 valence electrons. The van der Waals surface area contributed by atoms with E-state index in [-0.39, 0.29) is 5.56 Å². The van der Waals surface area contributed by atoms with E-state index in [1.165, 1.54) is 6.07 Å². The molecule has 2 aromatic carbocycles. The van der Waals surface area contributed by atoms with E-state index in [0.717, 1.165) is 5.56 Å². The Morgan fingerprint density at radius 1 is 1.20 bits per heavy atom. The number of aryl methyl sites for hydroxylation is 1. The molecule has 3 rings (SSSR count). The van der Waals surface area contributed by atoms with E-state index in [9.17, 15) is 9.59 Å². The van der Waals surface area contributed by atoms with Crippen LogP contribution in [0.5, 0.6) is 5.75 Å². The van der Waals surface area contributed by atoms with E-state index in [4.69, 9.17) is 20.8 Å². The molecule has 0 saturated heterocycles. The van der Waals surface area contributed by atoms with E-state index in [1.54, 1.807) is 36.4 Å². The number of halogens is 1. The van der Waals surface area contributed by atoms with Crippen LogP contribution >= 0.6 is 11.6 Å². The highest BCUT2D eigenvalue weighted by molar-refractivity contribution is 6.30. The zero-order chi connectivity index (χ0) is 18.0. The Hall–Kier alpha value is -2.79. The van der Waals surface area contributed by atoms with Crippen molar-refractivity contribution in [3.05, 3.63) is 69.0 Å². The Bertz CT molecular complexity index is 1010. The number of nitrogens with one attached hydrogen (secondary N) is 1. The number of ether oxygens (including phenoxy) is 1. The number of hydrogen-bond donors (Lipinski definition) is 1. The molecule has 0 atom stereocenters. The maximum atomic E-state index is 12.5. The van der Waals surface area contributed by atoms with Crippen LogP contribution in [-0.4, -0.2) is 12.5 Å². The van der Waals surface area contributed by atoms with Gasteiger partial charge in [0.2, 0.25) is 0 Å². The molecule has 1 amide bonds. The molecule has 0 bridgehead atoms. The van der Waals surface area contributed by atoms with Crippen LogP contribution in [0.15, 0.2) is 51.7 Å². The molecule has 0 fully saturated rings. The van der Waals surface area contributed by atoms with Crippen molar-refractivity contribution >= 4 is 34.2 Å². The standard InChI is InChI=1S/C19H16ClNO4/c1-3-24-14-6-4-12-9-15(19(23)25-17(12)10-14)18(22)21-16-7-5-13(20)8-11(16)2/h4-10H,3H2,1-2H3,(H,21,22). The van der Waals surface area contributed by atoms with Crippen molar-refractivity contribution in [3.63, 3.8) is 0 Å². The predicted molar refractivity (Wildman–Crippen MR) is 97.8 cm³/mol. The van der Waals surface area contributed by atoms with Crippen LogP contribution in [0, 0.1) is 6.92 Å². The van der Waals surface area contributed by atoms with Crippen LogP contribution < -0.4 is 15.7 Å². The van der Waals surface area contributed by atoms with Gasteiger partial charge in [0.15, 0.2) is 0 Å². The summed E-state index contributed by atoms with van der Waals surface area (Å²) < 4.78 is 10.7. The summed E-state index contributed by atoms with van der Waals surface area (Å²) in [5, 5.41) is 3.92. The number of benzene rings is 2. The summed E-state index contributed by atoms with van der Waals surface area (Å²) in [7, 11) is 0. The van der Waals surface area contributed by atoms with Gasteiger partial charge in [-0.3, -0.25) is 4.79 Å². The molecule has 0 unspecified atom stereocenters. The van der Waals surface area contributed by atoms with Crippen molar-refractivity contribution in [2.45, 2.75) is 13.8 Å². The molecule has 0 saturated carbocycles. The van der Waals surface area contributed by atoms with E-state index in [0.29, 0.717) is 34.0 Å². The third-order valence-electron chi connectivity index (χ3n) is 3.70. The highest BCUT2D eigenvalue weighted by Crippen LogP contribution is 2.22. The van der Waals surface area contributed by atoms with Gasteiger partial charge >= 0.3 is 5.63 Å². The lowest BCUT2D eigenvalue weighted by molar-refractivity contribution is 0.102. The summed E-state index contributed by atoms with van der Waals surface area (Å²) in [6, 6.07) is 11.7. The summed E-state index contributed by atoms with van der Waals surface area (Å²) in [5.74, 6) is 0.0714. The molecule has 5 nitrogen and oxygen atoms in total. The van der Waals surface area contributed by atoms with Gasteiger partial charge in [-0.15, -0.1) is 0 Å². The predicted octanol–water partition coefficient (Wildman–Crippen LogP) is 4.41. The molecule has 0 aliphatic heterocycles. The van der Waals surface area contributed by atoms with Crippen LogP contribution in [0.2, 0.25) is 5.02 Å². The Morgan fingerprint density at radius 3 is 2.72 bits per heavy atom. The highest BCUT2D eigenvalue weighted by atomic mass is 35.5. The first kappa shape index (κ1) is 17.0. The molecular formula is C19H16ClNO4. The second-order valence-corrected chi connectivity index (χ2v) is 5.93. The zero-order valence-electron chi connectivity index (χ0n) is 13.8. The van der Waals surface area contributed by atoms with Crippen LogP contribution in [0.25, 0.3) is 11.0 Å². The minimum atomic E-state index is -0.703. The fourth-order valence-corrected chi connectivity index (χ4v) is 2.69. The van der Waals surface area contributed by atoms with Gasteiger partial charge in [-0.05, 0) is 55.8 Å². The minimum Gasteiger partial charge on any atom is -0.494 e. The van der Waals surface area contributed by atoms with Gasteiger partial charge in [0.05, 0.1) is 6.61 Å². The number of carbonyl (C=O) groups excluding carboxylic acids is 1. The summed E-state index contributed by atoms with van der Waals surface area (Å²) in [5.41, 5.74) is 0.986. The first-order valence-electron chi connectivity index (χ1n) is 7.76. The Morgan fingerprint density at radius 2 is 2.00 bits per heavy atom. The van der Waals surface area contributed by atoms with Crippen LogP contribution in [0.4, 0.5) is 5.69 Å². The lowest BCUT2D eigenvalue weighted by Gasteiger charge is -2.09. The van der Waals surface area contributed by atoms with Crippen LogP contribution in [0.1, 0.15) is 22.8 Å². The summed E-state index contributed by atoms with van der Waals surface area (Å²) in [4.78, 5) is 24.6. The highest BCUT2D eigenvalue weighted by Gasteiger charge is 2.15. The van der Waals surface area contributed by atoms with Crippen molar-refractivity contribution in [3.8, 4) is 5.75 Å². The van der Waals surface area contributed by atoms with Gasteiger partial charge in [0.1, 0.15) is 16.9 Å². The Balaban J connectivity index is 1.94. The summed E-state index contributed by atoms with van der Waals surface area (Å²) >= 11 is 5.91. The molecule has 1 N–H and O–H groups in total. The normalized spacial score (nSPS) is 10.7. The zero-order valence-corrected chi connectivity index (χ0v) is 14.5. The topological polar surface area (TPSA) is 68.5 Å². The number of rotatable bonds is 4. The van der Waals surface area contributed by atoms with E-state index >= 15 is 0 Å². The van der Waals surface area contributed by atoms with Gasteiger partial charge in [-0.1, -0.05) is 11.6 Å². The van der Waals surface area contributed by atoms with Gasteiger partial charge < -0.3 is 14.5 Å². The third kappa shape index (κ3) is 3.67. The maximum Gasteiger partial charge on any atom is 0.349 e. The van der Waals surface area contributed by atoms with Gasteiger partial charge in [-0.2, -0.15) is 0 Å². The van der Waals surface area contributed by atoms with Crippen molar-refractivity contribution < 1.29 is 13.9 Å². The lowest BCUT2D eigenvalue weighted by Crippen LogP contribution is -2.21. The average Bonchev–Trinajstić information content (AvgIpc) is 2.57. The molecule has 3 aromatic rings. The maximum absolute atomic E-state index is 12.5. The van der Waals surface area contributed by atoms with E-state index in [2.05, 4.69) is 5.32 Å². The fourth-order valence-electron chi connectivity index (χ4n) is 2.46. The lowest BCUT2D eigenvalue weighted by atomic mass is 10.1. The number of hydrogen-bond acceptors (Lipinski definition) is 4. The molecule has 6 heteroatoms. The van der Waals surface area contributed by atoms with E-state index in [1.807, 2.05) is 13.8 Å². The quantitative estimate of drug-likeness (QED) is 0.702. The average molecular weight is 358 g/mol. The number of anilines is 1. The summed E-state index contributed by atoms with van der Waals surface area (Å²) in [6.07, 6.45) is 0. The molecule has 0 radical (unpaired) electrons. The van der Waals surface area contributed by atoms with Crippen LogP contribution in [-0.2, 0) is 0 Å². The monoisotopic (exact) mass is 357 g/mol. The number of amides is 1. The van der Waals surface area contributed by atoms with Gasteiger partial charge in [-0.25, -0.2) is 4.79 Å². The van der Waals surface area contributed by atoms with Crippen molar-refractivity contribution in [1.29, 1.82) is 0 Å². The molecule has 25 heavy (non-hydrogen) atoms. The van der Waals surface area contributed by atoms with Crippen molar-refractivity contribution in [1.82, 2.24) is 0 Å². The first-order chi connectivity index (χ1) is 12.0. The second kappa shape index (κ2) is 6.99. The molecule has 0 aliphatic rings. The molecule has 0 aliphatic carbocycles. The minimum absolute atomic E-state index is 0.0639. The van der Waals surface area contributed by atoms with Gasteiger partial charge in [0.25, 0.3) is 5.91 Å². The van der Waals surface area contributed by atoms with Crippen molar-refractivity contribution in [2.24, 2.45) is 0 Å². The number of fused-ring (bicyclic) bond motifs is 1.